The summed E-state index contributed by atoms with van der Waals surface area (Å²) in [5.74, 6) is -1.57. The Labute approximate surface area is 113 Å². The molecule has 0 saturated heterocycles. The van der Waals surface area contributed by atoms with Crippen molar-refractivity contribution in [1.82, 2.24) is 5.43 Å². The van der Waals surface area contributed by atoms with Gasteiger partial charge in [-0.05, 0) is 44.0 Å². The third-order valence-corrected chi connectivity index (χ3v) is 3.39. The second kappa shape index (κ2) is 6.36. The van der Waals surface area contributed by atoms with E-state index >= 15 is 0 Å². The van der Waals surface area contributed by atoms with E-state index in [0.717, 1.165) is 6.21 Å². The Bertz CT molecular complexity index is 479. The molecule has 1 aromatic rings. The lowest BCUT2D eigenvalue weighted by atomic mass is 10.4. The van der Waals surface area contributed by atoms with E-state index in [2.05, 4.69) is 42.4 Å². The minimum Gasteiger partial charge on any atom is -0.477 e. The normalized spacial score (nSPS) is 12.4. The number of carbonyl (C=O) groups is 2. The molecule has 1 heterocycles. The molecule has 6 nitrogen and oxygen atoms in total. The van der Waals surface area contributed by atoms with E-state index in [-0.39, 0.29) is 14.7 Å². The Morgan fingerprint density at radius 2 is 2.18 bits per heavy atom. The van der Waals surface area contributed by atoms with Crippen molar-refractivity contribution in [2.75, 3.05) is 0 Å². The zero-order valence-corrected chi connectivity index (χ0v) is 11.4. The molecule has 1 aromatic heterocycles. The van der Waals surface area contributed by atoms with E-state index in [9.17, 15) is 9.59 Å². The van der Waals surface area contributed by atoms with Gasteiger partial charge in [-0.2, -0.15) is 5.10 Å². The summed E-state index contributed by atoms with van der Waals surface area (Å²) < 4.78 is 4.91. The molecule has 1 amide bonds. The van der Waals surface area contributed by atoms with Crippen LogP contribution in [0.3, 0.4) is 0 Å². The summed E-state index contributed by atoms with van der Waals surface area (Å²) in [6, 6.07) is 3.04. The van der Waals surface area contributed by atoms with Crippen molar-refractivity contribution in [2.45, 2.75) is 0 Å². The Balaban J connectivity index is 2.60. The molecule has 0 aliphatic carbocycles. The Morgan fingerprint density at radius 1 is 1.47 bits per heavy atom. The quantitative estimate of drug-likeness (QED) is 0.485. The Hall–Kier alpha value is -1.41. The predicted molar refractivity (Wildman–Crippen MR) is 67.2 cm³/mol. The van der Waals surface area contributed by atoms with E-state index in [1.165, 1.54) is 12.3 Å². The number of allylic oxidation sites excluding steroid dienone is 1. The van der Waals surface area contributed by atoms with Gasteiger partial charge in [0, 0.05) is 0 Å². The highest BCUT2D eigenvalue weighted by atomic mass is 79.9. The second-order valence-corrected chi connectivity index (χ2v) is 4.29. The van der Waals surface area contributed by atoms with E-state index in [1.54, 1.807) is 6.07 Å². The predicted octanol–water partition coefficient (Wildman–Crippen LogP) is 2.08. The summed E-state index contributed by atoms with van der Waals surface area (Å²) in [6.45, 7) is 0. The molecule has 0 bridgehead atoms. The molecular formula is C9H6Br2N2O4. The van der Waals surface area contributed by atoms with Gasteiger partial charge in [0.1, 0.15) is 4.48 Å². The van der Waals surface area contributed by atoms with Crippen LogP contribution in [0.1, 0.15) is 10.6 Å². The van der Waals surface area contributed by atoms with Gasteiger partial charge in [-0.25, -0.2) is 10.2 Å². The SMILES string of the molecule is O=C(O)C(Br)=C(Br)C=NNC(=O)c1ccco1. The summed E-state index contributed by atoms with van der Waals surface area (Å²) in [4.78, 5) is 21.8. The number of amides is 1. The lowest BCUT2D eigenvalue weighted by molar-refractivity contribution is -0.131. The van der Waals surface area contributed by atoms with Crippen molar-refractivity contribution >= 4 is 50.0 Å². The number of aliphatic carboxylic acids is 1. The molecule has 0 saturated carbocycles. The van der Waals surface area contributed by atoms with Crippen molar-refractivity contribution in [2.24, 2.45) is 5.10 Å². The highest BCUT2D eigenvalue weighted by Crippen LogP contribution is 2.15. The summed E-state index contributed by atoms with van der Waals surface area (Å²) in [6.07, 6.45) is 2.49. The molecule has 8 heteroatoms. The van der Waals surface area contributed by atoms with Gasteiger partial charge < -0.3 is 9.52 Å². The molecule has 0 aliphatic rings. The highest BCUT2D eigenvalue weighted by Gasteiger charge is 2.08. The van der Waals surface area contributed by atoms with E-state index < -0.39 is 11.9 Å². The lowest BCUT2D eigenvalue weighted by Crippen LogP contribution is -2.16. The molecule has 17 heavy (non-hydrogen) atoms. The van der Waals surface area contributed by atoms with E-state index in [0.29, 0.717) is 0 Å². The number of carboxylic acid groups (broad SMARTS) is 1. The minimum atomic E-state index is -1.15. The number of halogens is 2. The number of nitrogens with zero attached hydrogens (tertiary/aromatic N) is 1. The first kappa shape index (κ1) is 13.7. The average molecular weight is 366 g/mol. The van der Waals surface area contributed by atoms with Gasteiger partial charge in [-0.15, -0.1) is 0 Å². The molecule has 0 spiro atoms. The molecule has 2 N–H and O–H groups in total. The summed E-state index contributed by atoms with van der Waals surface area (Å²) >= 11 is 5.79. The van der Waals surface area contributed by atoms with Crippen LogP contribution in [0, 0.1) is 0 Å². The molecule has 90 valence electrons. The van der Waals surface area contributed by atoms with Crippen molar-refractivity contribution in [3.8, 4) is 0 Å². The maximum Gasteiger partial charge on any atom is 0.344 e. The van der Waals surface area contributed by atoms with Gasteiger partial charge in [-0.3, -0.25) is 4.79 Å². The maximum atomic E-state index is 11.3. The van der Waals surface area contributed by atoms with Crippen molar-refractivity contribution in [3.05, 3.63) is 33.1 Å². The van der Waals surface area contributed by atoms with Crippen LogP contribution in [-0.2, 0) is 4.79 Å². The number of hydrazone groups is 1. The van der Waals surface area contributed by atoms with Crippen LogP contribution < -0.4 is 5.43 Å². The van der Waals surface area contributed by atoms with E-state index in [4.69, 9.17) is 9.52 Å². The number of nitrogens with one attached hydrogen (secondary N) is 1. The van der Waals surface area contributed by atoms with Crippen LogP contribution in [-0.4, -0.2) is 23.2 Å². The first-order valence-electron chi connectivity index (χ1n) is 4.18. The summed E-state index contributed by atoms with van der Waals surface area (Å²) in [7, 11) is 0. The van der Waals surface area contributed by atoms with Crippen LogP contribution in [0.2, 0.25) is 0 Å². The van der Waals surface area contributed by atoms with Gasteiger partial charge in [0.2, 0.25) is 0 Å². The molecular weight excluding hydrogens is 360 g/mol. The van der Waals surface area contributed by atoms with Crippen molar-refractivity contribution in [3.63, 3.8) is 0 Å². The molecule has 0 fully saturated rings. The molecule has 0 aliphatic heterocycles. The zero-order valence-electron chi connectivity index (χ0n) is 8.18. The lowest BCUT2D eigenvalue weighted by Gasteiger charge is -1.95. The molecule has 0 aromatic carbocycles. The Morgan fingerprint density at radius 3 is 2.71 bits per heavy atom. The monoisotopic (exact) mass is 364 g/mol. The number of carbonyl (C=O) groups excluding carboxylic acids is 1. The number of hydrogen-bond donors (Lipinski definition) is 2. The first-order chi connectivity index (χ1) is 8.02. The van der Waals surface area contributed by atoms with Crippen LogP contribution in [0.25, 0.3) is 0 Å². The Kier molecular flexibility index (Phi) is 5.11. The number of furan rings is 1. The average Bonchev–Trinajstić information content (AvgIpc) is 2.80. The molecule has 1 rings (SSSR count). The van der Waals surface area contributed by atoms with Gasteiger partial charge >= 0.3 is 11.9 Å². The third-order valence-electron chi connectivity index (χ3n) is 1.49. The van der Waals surface area contributed by atoms with Gasteiger partial charge in [0.25, 0.3) is 0 Å². The standard InChI is InChI=1S/C9H6Br2N2O4/c10-5(7(11)9(15)16)4-12-13-8(14)6-2-1-3-17-6/h1-4H,(H,13,14)(H,15,16). The smallest absolute Gasteiger partial charge is 0.344 e. The molecule has 0 unspecified atom stereocenters. The first-order valence-corrected chi connectivity index (χ1v) is 5.76. The molecule has 0 atom stereocenters. The van der Waals surface area contributed by atoms with Crippen LogP contribution in [0.4, 0.5) is 0 Å². The van der Waals surface area contributed by atoms with Crippen molar-refractivity contribution < 1.29 is 19.1 Å². The number of rotatable bonds is 4. The maximum absolute atomic E-state index is 11.3. The summed E-state index contributed by atoms with van der Waals surface area (Å²) in [5.41, 5.74) is 2.17. The van der Waals surface area contributed by atoms with Gasteiger partial charge in [0.05, 0.1) is 17.0 Å². The van der Waals surface area contributed by atoms with Crippen LogP contribution >= 0.6 is 31.9 Å². The minimum absolute atomic E-state index is 0.103. The topological polar surface area (TPSA) is 91.9 Å². The number of hydrogen-bond acceptors (Lipinski definition) is 4. The van der Waals surface area contributed by atoms with Gasteiger partial charge in [0.15, 0.2) is 5.76 Å². The third kappa shape index (κ3) is 4.16. The van der Waals surface area contributed by atoms with Gasteiger partial charge in [-0.1, -0.05) is 0 Å². The van der Waals surface area contributed by atoms with Crippen LogP contribution in [0.5, 0.6) is 0 Å². The second-order valence-electron chi connectivity index (χ2n) is 2.64. The molecule has 0 radical (unpaired) electrons. The van der Waals surface area contributed by atoms with E-state index in [1.807, 2.05) is 0 Å². The fraction of sp³-hybridized carbons (Fsp3) is 0. The van der Waals surface area contributed by atoms with Crippen LogP contribution in [0.15, 0.2) is 36.9 Å². The van der Waals surface area contributed by atoms with Crippen molar-refractivity contribution in [1.29, 1.82) is 0 Å². The fourth-order valence-corrected chi connectivity index (χ4v) is 1.14. The highest BCUT2D eigenvalue weighted by molar-refractivity contribution is 9.14. The fourth-order valence-electron chi connectivity index (χ4n) is 0.769. The zero-order chi connectivity index (χ0) is 12.8. The largest absolute Gasteiger partial charge is 0.477 e. The number of carboxylic acids is 1. The summed E-state index contributed by atoms with van der Waals surface area (Å²) in [5, 5.41) is 12.2.